The number of nitrogens with zero attached hydrogens (tertiary/aromatic N) is 3. The summed E-state index contributed by atoms with van der Waals surface area (Å²) in [4.78, 5) is 15.9. The smallest absolute Gasteiger partial charge is 0.356 e. The average Bonchev–Trinajstić information content (AvgIpc) is 2.93. The molecule has 23 heavy (non-hydrogen) atoms. The van der Waals surface area contributed by atoms with Gasteiger partial charge in [-0.25, -0.2) is 14.3 Å². The first-order chi connectivity index (χ1) is 11.0. The third kappa shape index (κ3) is 3.23. The maximum atomic E-state index is 11.2. The molecule has 0 bridgehead atoms. The predicted molar refractivity (Wildman–Crippen MR) is 88.9 cm³/mol. The second kappa shape index (κ2) is 6.30. The maximum Gasteiger partial charge on any atom is 0.356 e. The summed E-state index contributed by atoms with van der Waals surface area (Å²) in [6.45, 7) is 6.54. The third-order valence-corrected chi connectivity index (χ3v) is 5.08. The molecule has 2 atom stereocenters. The third-order valence-electron chi connectivity index (χ3n) is 5.08. The highest BCUT2D eigenvalue weighted by molar-refractivity contribution is 5.86. The van der Waals surface area contributed by atoms with E-state index in [1.54, 1.807) is 10.6 Å². The molecule has 3 rings (SSSR count). The number of carbonyl (C=O) groups is 1. The number of rotatable bonds is 4. The van der Waals surface area contributed by atoms with Crippen LogP contribution in [0.5, 0.6) is 0 Å². The molecule has 5 nitrogen and oxygen atoms in total. The molecule has 2 unspecified atom stereocenters. The summed E-state index contributed by atoms with van der Waals surface area (Å²) in [5, 5.41) is 13.4. The van der Waals surface area contributed by atoms with Crippen LogP contribution in [0.1, 0.15) is 74.2 Å². The van der Waals surface area contributed by atoms with Gasteiger partial charge in [0.05, 0.1) is 0 Å². The van der Waals surface area contributed by atoms with Gasteiger partial charge < -0.3 is 5.11 Å². The largest absolute Gasteiger partial charge is 0.476 e. The molecular formula is C18H25N3O2. The first-order valence-corrected chi connectivity index (χ1v) is 8.58. The number of hydrogen-bond donors (Lipinski definition) is 1. The topological polar surface area (TPSA) is 67.5 Å². The molecule has 2 aromatic rings. The first-order valence-electron chi connectivity index (χ1n) is 8.58. The predicted octanol–water partition coefficient (Wildman–Crippen LogP) is 3.92. The Bertz CT molecular complexity index is 720. The summed E-state index contributed by atoms with van der Waals surface area (Å²) in [6, 6.07) is 3.68. The minimum Gasteiger partial charge on any atom is -0.476 e. The van der Waals surface area contributed by atoms with Gasteiger partial charge in [-0.15, -0.1) is 0 Å². The van der Waals surface area contributed by atoms with Crippen molar-refractivity contribution in [2.24, 2.45) is 11.8 Å². The SMILES string of the molecule is CC(C)c1cc(CC2CCCCC2C)nc2cc(C(=O)O)nn12. The van der Waals surface area contributed by atoms with Crippen LogP contribution in [0.15, 0.2) is 12.1 Å². The zero-order chi connectivity index (χ0) is 16.6. The van der Waals surface area contributed by atoms with Crippen LogP contribution in [0.4, 0.5) is 0 Å². The van der Waals surface area contributed by atoms with E-state index < -0.39 is 5.97 Å². The summed E-state index contributed by atoms with van der Waals surface area (Å²) < 4.78 is 1.68. The Kier molecular flexibility index (Phi) is 4.37. The summed E-state index contributed by atoms with van der Waals surface area (Å²) in [5.41, 5.74) is 2.80. The van der Waals surface area contributed by atoms with Crippen LogP contribution >= 0.6 is 0 Å². The van der Waals surface area contributed by atoms with Crippen LogP contribution in [-0.4, -0.2) is 25.7 Å². The van der Waals surface area contributed by atoms with Crippen LogP contribution in [0.3, 0.4) is 0 Å². The number of hydrogen-bond acceptors (Lipinski definition) is 3. The summed E-state index contributed by atoms with van der Waals surface area (Å²) in [6.07, 6.45) is 6.20. The van der Waals surface area contributed by atoms with E-state index >= 15 is 0 Å². The molecule has 0 aliphatic heterocycles. The fourth-order valence-electron chi connectivity index (χ4n) is 3.64. The number of aromatic carboxylic acids is 1. The van der Waals surface area contributed by atoms with Gasteiger partial charge in [0.15, 0.2) is 11.3 Å². The maximum absolute atomic E-state index is 11.2. The summed E-state index contributed by atoms with van der Waals surface area (Å²) in [7, 11) is 0. The molecule has 5 heteroatoms. The van der Waals surface area contributed by atoms with Crippen molar-refractivity contribution in [3.8, 4) is 0 Å². The summed E-state index contributed by atoms with van der Waals surface area (Å²) >= 11 is 0. The minimum absolute atomic E-state index is 0.0579. The quantitative estimate of drug-likeness (QED) is 0.928. The molecule has 0 saturated heterocycles. The fraction of sp³-hybridized carbons (Fsp3) is 0.611. The van der Waals surface area contributed by atoms with Crippen molar-refractivity contribution in [2.45, 2.75) is 58.8 Å². The van der Waals surface area contributed by atoms with E-state index in [1.807, 2.05) is 0 Å². The molecule has 0 amide bonds. The van der Waals surface area contributed by atoms with Gasteiger partial charge in [0.2, 0.25) is 0 Å². The van der Waals surface area contributed by atoms with Gasteiger partial charge >= 0.3 is 5.97 Å². The van der Waals surface area contributed by atoms with E-state index in [-0.39, 0.29) is 11.6 Å². The second-order valence-electron chi connectivity index (χ2n) is 7.16. The zero-order valence-corrected chi connectivity index (χ0v) is 14.1. The lowest BCUT2D eigenvalue weighted by atomic mass is 9.78. The van der Waals surface area contributed by atoms with Gasteiger partial charge in [0.1, 0.15) is 0 Å². The van der Waals surface area contributed by atoms with E-state index in [4.69, 9.17) is 0 Å². The molecule has 1 saturated carbocycles. The Balaban J connectivity index is 1.98. The highest BCUT2D eigenvalue weighted by atomic mass is 16.4. The Labute approximate surface area is 136 Å². The van der Waals surface area contributed by atoms with Crippen LogP contribution < -0.4 is 0 Å². The van der Waals surface area contributed by atoms with Gasteiger partial charge in [-0.1, -0.05) is 40.0 Å². The second-order valence-corrected chi connectivity index (χ2v) is 7.16. The van der Waals surface area contributed by atoms with E-state index in [1.165, 1.54) is 25.7 Å². The Morgan fingerprint density at radius 3 is 2.74 bits per heavy atom. The number of aromatic nitrogens is 3. The number of fused-ring (bicyclic) bond motifs is 1. The molecule has 1 fully saturated rings. The molecule has 2 heterocycles. The Morgan fingerprint density at radius 1 is 1.35 bits per heavy atom. The Hall–Kier alpha value is -1.91. The summed E-state index contributed by atoms with van der Waals surface area (Å²) in [5.74, 6) is 0.682. The highest BCUT2D eigenvalue weighted by Gasteiger charge is 2.23. The van der Waals surface area contributed by atoms with Crippen molar-refractivity contribution in [2.75, 3.05) is 0 Å². The van der Waals surface area contributed by atoms with E-state index in [0.717, 1.165) is 23.7 Å². The van der Waals surface area contributed by atoms with Crippen molar-refractivity contribution in [1.82, 2.24) is 14.6 Å². The molecule has 124 valence electrons. The molecule has 1 N–H and O–H groups in total. The normalized spacial score (nSPS) is 21.9. The standard InChI is InChI=1S/C18H25N3O2/c1-11(2)16-9-14(8-13-7-5-4-6-12(13)3)19-17-10-15(18(22)23)20-21(16)17/h9-13H,4-8H2,1-3H3,(H,22,23). The van der Waals surface area contributed by atoms with E-state index in [2.05, 4.69) is 36.9 Å². The van der Waals surface area contributed by atoms with Crippen molar-refractivity contribution in [3.63, 3.8) is 0 Å². The van der Waals surface area contributed by atoms with Gasteiger partial charge in [-0.3, -0.25) is 0 Å². The van der Waals surface area contributed by atoms with Crippen LogP contribution in [0, 0.1) is 11.8 Å². The van der Waals surface area contributed by atoms with Crippen LogP contribution in [0.25, 0.3) is 5.65 Å². The number of carboxylic acid groups (broad SMARTS) is 1. The lowest BCUT2D eigenvalue weighted by Gasteiger charge is -2.28. The zero-order valence-electron chi connectivity index (χ0n) is 14.1. The lowest BCUT2D eigenvalue weighted by Crippen LogP contribution is -2.20. The molecule has 0 spiro atoms. The van der Waals surface area contributed by atoms with Gasteiger partial charge in [0, 0.05) is 17.5 Å². The molecule has 1 aliphatic carbocycles. The molecule has 1 aliphatic rings. The van der Waals surface area contributed by atoms with E-state index in [9.17, 15) is 9.90 Å². The van der Waals surface area contributed by atoms with Crippen LogP contribution in [-0.2, 0) is 6.42 Å². The van der Waals surface area contributed by atoms with Crippen molar-refractivity contribution < 1.29 is 9.90 Å². The van der Waals surface area contributed by atoms with Gasteiger partial charge in [-0.2, -0.15) is 5.10 Å². The van der Waals surface area contributed by atoms with Gasteiger partial charge in [-0.05, 0) is 36.7 Å². The monoisotopic (exact) mass is 315 g/mol. The van der Waals surface area contributed by atoms with Crippen molar-refractivity contribution >= 4 is 11.6 Å². The van der Waals surface area contributed by atoms with Crippen molar-refractivity contribution in [3.05, 3.63) is 29.2 Å². The van der Waals surface area contributed by atoms with Gasteiger partial charge in [0.25, 0.3) is 0 Å². The molecule has 0 radical (unpaired) electrons. The molecule has 2 aromatic heterocycles. The minimum atomic E-state index is -1.01. The average molecular weight is 315 g/mol. The van der Waals surface area contributed by atoms with Crippen molar-refractivity contribution in [1.29, 1.82) is 0 Å². The van der Waals surface area contributed by atoms with Crippen LogP contribution in [0.2, 0.25) is 0 Å². The first kappa shape index (κ1) is 16.0. The highest BCUT2D eigenvalue weighted by Crippen LogP contribution is 2.32. The molecule has 0 aromatic carbocycles. The van der Waals surface area contributed by atoms with E-state index in [0.29, 0.717) is 11.6 Å². The fourth-order valence-corrected chi connectivity index (χ4v) is 3.64. The number of carboxylic acids is 1. The molecular weight excluding hydrogens is 290 g/mol. The lowest BCUT2D eigenvalue weighted by molar-refractivity contribution is 0.0690. The Morgan fingerprint density at radius 2 is 2.09 bits per heavy atom.